The van der Waals surface area contributed by atoms with Crippen LogP contribution >= 0.6 is 0 Å². The highest BCUT2D eigenvalue weighted by atomic mass is 16.5. The Bertz CT molecular complexity index is 475. The molecule has 0 radical (unpaired) electrons. The molecule has 21 heavy (non-hydrogen) atoms. The fraction of sp³-hybridized carbons (Fsp3) is 0.533. The fourth-order valence-corrected chi connectivity index (χ4v) is 2.11. The molecule has 0 fully saturated rings. The molecule has 0 aliphatic carbocycles. The van der Waals surface area contributed by atoms with Crippen LogP contribution in [0.25, 0.3) is 0 Å². The zero-order valence-corrected chi connectivity index (χ0v) is 13.0. The largest absolute Gasteiger partial charge is 0.493 e. The normalized spacial score (nSPS) is 11.7. The summed E-state index contributed by atoms with van der Waals surface area (Å²) in [6, 6.07) is 3.53. The van der Waals surface area contributed by atoms with E-state index in [4.69, 9.17) is 19.9 Å². The van der Waals surface area contributed by atoms with E-state index in [0.717, 1.165) is 5.56 Å². The van der Waals surface area contributed by atoms with Gasteiger partial charge in [-0.2, -0.15) is 0 Å². The van der Waals surface area contributed by atoms with Gasteiger partial charge in [-0.25, -0.2) is 0 Å². The number of nitrogens with two attached hydrogens (primary N) is 1. The van der Waals surface area contributed by atoms with Gasteiger partial charge in [-0.1, -0.05) is 6.07 Å². The Morgan fingerprint density at radius 1 is 1.10 bits per heavy atom. The van der Waals surface area contributed by atoms with Crippen molar-refractivity contribution in [3.63, 3.8) is 0 Å². The first kappa shape index (κ1) is 17.1. The molecule has 0 amide bonds. The van der Waals surface area contributed by atoms with E-state index in [-0.39, 0.29) is 12.0 Å². The van der Waals surface area contributed by atoms with E-state index in [0.29, 0.717) is 36.5 Å². The molecule has 0 aromatic heterocycles. The first-order valence-corrected chi connectivity index (χ1v) is 6.67. The summed E-state index contributed by atoms with van der Waals surface area (Å²) in [4.78, 5) is 11.1. The summed E-state index contributed by atoms with van der Waals surface area (Å²) < 4.78 is 20.6. The summed E-state index contributed by atoms with van der Waals surface area (Å²) in [5.41, 5.74) is 6.97. The minimum atomic E-state index is -0.260. The molecule has 6 nitrogen and oxygen atoms in total. The minimum Gasteiger partial charge on any atom is -0.493 e. The van der Waals surface area contributed by atoms with Crippen molar-refractivity contribution in [2.75, 3.05) is 28.4 Å². The van der Waals surface area contributed by atoms with E-state index in [2.05, 4.69) is 4.74 Å². The lowest BCUT2D eigenvalue weighted by atomic mass is 10.0. The van der Waals surface area contributed by atoms with Crippen molar-refractivity contribution in [2.24, 2.45) is 5.73 Å². The average molecular weight is 297 g/mol. The van der Waals surface area contributed by atoms with Gasteiger partial charge in [-0.3, -0.25) is 4.79 Å². The summed E-state index contributed by atoms with van der Waals surface area (Å²) in [7, 11) is 6.06. The molecular weight excluding hydrogens is 274 g/mol. The Labute approximate surface area is 125 Å². The lowest BCUT2D eigenvalue weighted by Gasteiger charge is -2.18. The van der Waals surface area contributed by atoms with Gasteiger partial charge >= 0.3 is 5.97 Å². The van der Waals surface area contributed by atoms with E-state index < -0.39 is 0 Å². The molecule has 1 atom stereocenters. The van der Waals surface area contributed by atoms with E-state index in [9.17, 15) is 4.79 Å². The van der Waals surface area contributed by atoms with Crippen LogP contribution in [0.5, 0.6) is 17.2 Å². The number of rotatable bonds is 8. The molecule has 1 aromatic carbocycles. The van der Waals surface area contributed by atoms with Crippen molar-refractivity contribution < 1.29 is 23.7 Å². The number of benzene rings is 1. The van der Waals surface area contributed by atoms with Crippen LogP contribution in [0, 0.1) is 0 Å². The number of ether oxygens (including phenoxy) is 4. The third-order valence-electron chi connectivity index (χ3n) is 3.21. The maximum absolute atomic E-state index is 11.1. The van der Waals surface area contributed by atoms with Gasteiger partial charge in [0.2, 0.25) is 5.75 Å². The summed E-state index contributed by atoms with van der Waals surface area (Å²) in [5, 5.41) is 0. The Kier molecular flexibility index (Phi) is 6.81. The van der Waals surface area contributed by atoms with Gasteiger partial charge in [0, 0.05) is 12.5 Å². The molecule has 0 heterocycles. The predicted octanol–water partition coefficient (Wildman–Crippen LogP) is 1.54. The second-order valence-electron chi connectivity index (χ2n) is 4.57. The van der Waals surface area contributed by atoms with Crippen molar-refractivity contribution in [2.45, 2.75) is 25.3 Å². The van der Waals surface area contributed by atoms with Crippen LogP contribution in [0.3, 0.4) is 0 Å². The number of esters is 1. The van der Waals surface area contributed by atoms with Crippen LogP contribution in [0.4, 0.5) is 0 Å². The minimum absolute atomic E-state index is 0.170. The first-order valence-electron chi connectivity index (χ1n) is 6.67. The van der Waals surface area contributed by atoms with Crippen LogP contribution in [0.15, 0.2) is 12.1 Å². The zero-order valence-electron chi connectivity index (χ0n) is 13.0. The van der Waals surface area contributed by atoms with Gasteiger partial charge in [0.05, 0.1) is 28.4 Å². The maximum atomic E-state index is 11.1. The number of methoxy groups -OCH3 is 4. The molecule has 0 spiro atoms. The van der Waals surface area contributed by atoms with Gasteiger partial charge in [0.15, 0.2) is 11.5 Å². The lowest BCUT2D eigenvalue weighted by molar-refractivity contribution is -0.140. The molecule has 0 aliphatic heterocycles. The first-order chi connectivity index (χ1) is 10.1. The number of hydrogen-bond acceptors (Lipinski definition) is 6. The summed E-state index contributed by atoms with van der Waals surface area (Å²) in [6.45, 7) is 0. The van der Waals surface area contributed by atoms with E-state index >= 15 is 0 Å². The highest BCUT2D eigenvalue weighted by molar-refractivity contribution is 5.69. The predicted molar refractivity (Wildman–Crippen MR) is 79.0 cm³/mol. The topological polar surface area (TPSA) is 80.0 Å². The number of hydrogen-bond donors (Lipinski definition) is 1. The van der Waals surface area contributed by atoms with Gasteiger partial charge in [-0.05, 0) is 24.5 Å². The molecule has 1 rings (SSSR count). The molecular formula is C15H23NO5. The molecule has 2 N–H and O–H groups in total. The third-order valence-corrected chi connectivity index (χ3v) is 3.21. The second kappa shape index (κ2) is 8.36. The molecule has 0 saturated heterocycles. The maximum Gasteiger partial charge on any atom is 0.305 e. The smallest absolute Gasteiger partial charge is 0.305 e. The molecule has 0 saturated carbocycles. The second-order valence-corrected chi connectivity index (χ2v) is 4.57. The highest BCUT2D eigenvalue weighted by Crippen LogP contribution is 2.40. The molecule has 6 heteroatoms. The third kappa shape index (κ3) is 4.53. The molecule has 118 valence electrons. The van der Waals surface area contributed by atoms with Crippen LogP contribution in [-0.2, 0) is 16.0 Å². The lowest BCUT2D eigenvalue weighted by Crippen LogP contribution is -2.24. The molecule has 1 unspecified atom stereocenters. The summed E-state index contributed by atoms with van der Waals surface area (Å²) >= 11 is 0. The van der Waals surface area contributed by atoms with Crippen molar-refractivity contribution in [1.82, 2.24) is 0 Å². The fourth-order valence-electron chi connectivity index (χ4n) is 2.11. The SMILES string of the molecule is COC(=O)CCC(N)Cc1ccc(OC)c(OC)c1OC. The molecule has 0 aliphatic rings. The summed E-state index contributed by atoms with van der Waals surface area (Å²) in [6.07, 6.45) is 1.41. The van der Waals surface area contributed by atoms with Crippen LogP contribution in [0.2, 0.25) is 0 Å². The number of carbonyl (C=O) groups excluding carboxylic acids is 1. The van der Waals surface area contributed by atoms with Crippen molar-refractivity contribution in [1.29, 1.82) is 0 Å². The van der Waals surface area contributed by atoms with Crippen molar-refractivity contribution >= 4 is 5.97 Å². The van der Waals surface area contributed by atoms with E-state index in [1.807, 2.05) is 12.1 Å². The van der Waals surface area contributed by atoms with Crippen molar-refractivity contribution in [3.8, 4) is 17.2 Å². The standard InChI is InChI=1S/C15H23NO5/c1-18-12-7-5-10(14(20-3)15(12)21-4)9-11(16)6-8-13(17)19-2/h5,7,11H,6,8-9,16H2,1-4H3. The Hall–Kier alpha value is -1.95. The van der Waals surface area contributed by atoms with Gasteiger partial charge in [0.1, 0.15) is 0 Å². The van der Waals surface area contributed by atoms with Crippen molar-refractivity contribution in [3.05, 3.63) is 17.7 Å². The van der Waals surface area contributed by atoms with E-state index in [1.54, 1.807) is 21.3 Å². The monoisotopic (exact) mass is 297 g/mol. The van der Waals surface area contributed by atoms with Gasteiger partial charge in [0.25, 0.3) is 0 Å². The zero-order chi connectivity index (χ0) is 15.8. The van der Waals surface area contributed by atoms with Crippen LogP contribution in [0.1, 0.15) is 18.4 Å². The summed E-state index contributed by atoms with van der Waals surface area (Å²) in [5.74, 6) is 1.48. The molecule has 1 aromatic rings. The van der Waals surface area contributed by atoms with E-state index in [1.165, 1.54) is 7.11 Å². The van der Waals surface area contributed by atoms with Crippen LogP contribution in [-0.4, -0.2) is 40.5 Å². The van der Waals surface area contributed by atoms with Gasteiger partial charge in [-0.15, -0.1) is 0 Å². The molecule has 0 bridgehead atoms. The van der Waals surface area contributed by atoms with Gasteiger partial charge < -0.3 is 24.7 Å². The Balaban J connectivity index is 2.85. The number of carbonyl (C=O) groups is 1. The average Bonchev–Trinajstić information content (AvgIpc) is 2.51. The Morgan fingerprint density at radius 2 is 1.76 bits per heavy atom. The highest BCUT2D eigenvalue weighted by Gasteiger charge is 2.18. The quantitative estimate of drug-likeness (QED) is 0.733. The Morgan fingerprint density at radius 3 is 2.29 bits per heavy atom. The van der Waals surface area contributed by atoms with Crippen LogP contribution < -0.4 is 19.9 Å².